The summed E-state index contributed by atoms with van der Waals surface area (Å²) in [7, 11) is 0. The van der Waals surface area contributed by atoms with Crippen LogP contribution in [0.25, 0.3) is 11.2 Å². The highest BCUT2D eigenvalue weighted by Crippen LogP contribution is 2.22. The van der Waals surface area contributed by atoms with Crippen molar-refractivity contribution in [3.63, 3.8) is 0 Å². The summed E-state index contributed by atoms with van der Waals surface area (Å²) in [5.41, 5.74) is 0.482. The molecule has 1 aliphatic heterocycles. The Morgan fingerprint density at radius 1 is 1.39 bits per heavy atom. The van der Waals surface area contributed by atoms with Gasteiger partial charge in [-0.25, -0.2) is 9.67 Å². The number of amides is 1. The minimum Gasteiger partial charge on any atom is -0.345 e. The smallest absolute Gasteiger partial charge is 0.280 e. The number of piperidine rings is 1. The van der Waals surface area contributed by atoms with E-state index in [1.807, 2.05) is 0 Å². The number of aromatic amines is 1. The minimum absolute atomic E-state index is 0.139. The van der Waals surface area contributed by atoms with Gasteiger partial charge in [0.1, 0.15) is 0 Å². The van der Waals surface area contributed by atoms with Crippen molar-refractivity contribution in [2.75, 3.05) is 13.1 Å². The number of aromatic nitrogens is 5. The van der Waals surface area contributed by atoms with Gasteiger partial charge < -0.3 is 9.88 Å². The fourth-order valence-corrected chi connectivity index (χ4v) is 2.26. The first kappa shape index (κ1) is 10.9. The Morgan fingerprint density at radius 3 is 2.89 bits per heavy atom. The second-order valence-electron chi connectivity index (χ2n) is 4.31. The van der Waals surface area contributed by atoms with Crippen LogP contribution in [0.1, 0.15) is 18.9 Å². The standard InChI is InChI=1S/C10H12N6O2/c17-6-15-3-1-7(2-4-15)16-9-8(13-14-16)10(18)12-5-11-9/h5-7H,1-4H2,(H,11,12,18). The first-order valence-electron chi connectivity index (χ1n) is 5.77. The molecule has 0 aromatic carbocycles. The van der Waals surface area contributed by atoms with Crippen molar-refractivity contribution in [3.05, 3.63) is 16.7 Å². The Labute approximate surface area is 102 Å². The van der Waals surface area contributed by atoms with Crippen molar-refractivity contribution in [3.8, 4) is 0 Å². The van der Waals surface area contributed by atoms with Gasteiger partial charge in [0, 0.05) is 13.1 Å². The monoisotopic (exact) mass is 248 g/mol. The Bertz CT molecular complexity index is 625. The highest BCUT2D eigenvalue weighted by molar-refractivity contribution is 5.67. The SMILES string of the molecule is O=CN1CCC(n2nnc3c(=O)[nH]cnc32)CC1. The highest BCUT2D eigenvalue weighted by atomic mass is 16.1. The molecule has 1 aliphatic rings. The lowest BCUT2D eigenvalue weighted by atomic mass is 10.1. The predicted octanol–water partition coefficient (Wildman–Crippen LogP) is -0.692. The average Bonchev–Trinajstić information content (AvgIpc) is 2.84. The maximum atomic E-state index is 11.5. The quantitative estimate of drug-likeness (QED) is 0.709. The maximum Gasteiger partial charge on any atom is 0.280 e. The highest BCUT2D eigenvalue weighted by Gasteiger charge is 2.23. The van der Waals surface area contributed by atoms with Crippen LogP contribution < -0.4 is 5.56 Å². The van der Waals surface area contributed by atoms with Crippen LogP contribution in [0.3, 0.4) is 0 Å². The van der Waals surface area contributed by atoms with Crippen LogP contribution >= 0.6 is 0 Å². The normalized spacial score (nSPS) is 17.2. The summed E-state index contributed by atoms with van der Waals surface area (Å²) in [6, 6.07) is 0.139. The van der Waals surface area contributed by atoms with Gasteiger partial charge in [0.25, 0.3) is 5.56 Å². The number of likely N-dealkylation sites (tertiary alicyclic amines) is 1. The van der Waals surface area contributed by atoms with Gasteiger partial charge in [-0.1, -0.05) is 5.21 Å². The Kier molecular flexibility index (Phi) is 2.54. The van der Waals surface area contributed by atoms with Gasteiger partial charge in [-0.05, 0) is 12.8 Å². The van der Waals surface area contributed by atoms with E-state index in [-0.39, 0.29) is 17.1 Å². The molecule has 2 aromatic rings. The first-order valence-corrected chi connectivity index (χ1v) is 5.77. The van der Waals surface area contributed by atoms with Crippen molar-refractivity contribution in [2.45, 2.75) is 18.9 Å². The number of H-pyrrole nitrogens is 1. The molecule has 0 radical (unpaired) electrons. The third kappa shape index (κ3) is 1.66. The molecule has 1 N–H and O–H groups in total. The summed E-state index contributed by atoms with van der Waals surface area (Å²) in [6.45, 7) is 1.39. The molecule has 0 bridgehead atoms. The van der Waals surface area contributed by atoms with Crippen molar-refractivity contribution in [1.82, 2.24) is 29.9 Å². The molecular weight excluding hydrogens is 236 g/mol. The van der Waals surface area contributed by atoms with Gasteiger partial charge in [0.15, 0.2) is 11.2 Å². The molecule has 18 heavy (non-hydrogen) atoms. The molecule has 94 valence electrons. The fourth-order valence-electron chi connectivity index (χ4n) is 2.26. The lowest BCUT2D eigenvalue weighted by Crippen LogP contribution is -2.34. The molecule has 3 heterocycles. The van der Waals surface area contributed by atoms with Crippen LogP contribution in [0, 0.1) is 0 Å². The fraction of sp³-hybridized carbons (Fsp3) is 0.500. The van der Waals surface area contributed by atoms with Gasteiger partial charge in [-0.3, -0.25) is 9.59 Å². The van der Waals surface area contributed by atoms with Crippen LogP contribution in [0.2, 0.25) is 0 Å². The van der Waals surface area contributed by atoms with Crippen LogP contribution in [-0.2, 0) is 4.79 Å². The van der Waals surface area contributed by atoms with Gasteiger partial charge in [-0.2, -0.15) is 0 Å². The molecule has 1 fully saturated rings. The van der Waals surface area contributed by atoms with Crippen molar-refractivity contribution >= 4 is 17.6 Å². The van der Waals surface area contributed by atoms with E-state index in [1.165, 1.54) is 6.33 Å². The topological polar surface area (TPSA) is 96.8 Å². The van der Waals surface area contributed by atoms with Gasteiger partial charge >= 0.3 is 0 Å². The first-order chi connectivity index (χ1) is 8.79. The van der Waals surface area contributed by atoms with E-state index in [0.29, 0.717) is 18.7 Å². The van der Waals surface area contributed by atoms with Crippen molar-refractivity contribution < 1.29 is 4.79 Å². The number of hydrogen-bond donors (Lipinski definition) is 1. The number of fused-ring (bicyclic) bond motifs is 1. The summed E-state index contributed by atoms with van der Waals surface area (Å²) in [4.78, 5) is 30.5. The van der Waals surface area contributed by atoms with E-state index < -0.39 is 0 Å². The summed E-state index contributed by atoms with van der Waals surface area (Å²) in [5, 5.41) is 7.86. The molecule has 3 rings (SSSR count). The van der Waals surface area contributed by atoms with Crippen LogP contribution in [-0.4, -0.2) is 49.4 Å². The maximum absolute atomic E-state index is 11.5. The molecule has 8 nitrogen and oxygen atoms in total. The second-order valence-corrected chi connectivity index (χ2v) is 4.31. The zero-order valence-electron chi connectivity index (χ0n) is 9.61. The number of carbonyl (C=O) groups excluding carboxylic acids is 1. The molecule has 0 atom stereocenters. The van der Waals surface area contributed by atoms with Gasteiger partial charge in [-0.15, -0.1) is 5.10 Å². The Balaban J connectivity index is 1.94. The summed E-state index contributed by atoms with van der Waals surface area (Å²) < 4.78 is 1.69. The minimum atomic E-state index is -0.281. The van der Waals surface area contributed by atoms with E-state index in [0.717, 1.165) is 19.3 Å². The molecule has 2 aromatic heterocycles. The van der Waals surface area contributed by atoms with E-state index in [2.05, 4.69) is 20.3 Å². The van der Waals surface area contributed by atoms with Crippen LogP contribution in [0.5, 0.6) is 0 Å². The van der Waals surface area contributed by atoms with Gasteiger partial charge in [0.05, 0.1) is 12.4 Å². The largest absolute Gasteiger partial charge is 0.345 e. The van der Waals surface area contributed by atoms with Crippen molar-refractivity contribution in [1.29, 1.82) is 0 Å². The third-order valence-electron chi connectivity index (χ3n) is 3.26. The van der Waals surface area contributed by atoms with E-state index in [9.17, 15) is 9.59 Å². The molecule has 0 aliphatic carbocycles. The molecule has 0 saturated carbocycles. The Morgan fingerprint density at radius 2 is 2.17 bits per heavy atom. The van der Waals surface area contributed by atoms with E-state index in [1.54, 1.807) is 9.58 Å². The number of hydrogen-bond acceptors (Lipinski definition) is 5. The summed E-state index contributed by atoms with van der Waals surface area (Å²) in [6.07, 6.45) is 3.81. The molecule has 0 unspecified atom stereocenters. The van der Waals surface area contributed by atoms with Gasteiger partial charge in [0.2, 0.25) is 6.41 Å². The van der Waals surface area contributed by atoms with Crippen LogP contribution in [0.15, 0.2) is 11.1 Å². The zero-order valence-corrected chi connectivity index (χ0v) is 9.61. The zero-order chi connectivity index (χ0) is 12.5. The number of rotatable bonds is 2. The molecule has 0 spiro atoms. The molecule has 1 saturated heterocycles. The second kappa shape index (κ2) is 4.21. The number of nitrogens with one attached hydrogen (secondary N) is 1. The van der Waals surface area contributed by atoms with Crippen molar-refractivity contribution in [2.24, 2.45) is 0 Å². The predicted molar refractivity (Wildman–Crippen MR) is 61.9 cm³/mol. The van der Waals surface area contributed by atoms with Crippen LogP contribution in [0.4, 0.5) is 0 Å². The molecule has 8 heteroatoms. The summed E-state index contributed by atoms with van der Waals surface area (Å²) in [5.74, 6) is 0. The average molecular weight is 248 g/mol. The number of nitrogens with zero attached hydrogens (tertiary/aromatic N) is 5. The molecular formula is C10H12N6O2. The third-order valence-corrected chi connectivity index (χ3v) is 3.26. The summed E-state index contributed by atoms with van der Waals surface area (Å²) >= 11 is 0. The number of carbonyl (C=O) groups is 1. The Hall–Kier alpha value is -2.25. The van der Waals surface area contributed by atoms with E-state index in [4.69, 9.17) is 0 Å². The van der Waals surface area contributed by atoms with E-state index >= 15 is 0 Å². The molecule has 1 amide bonds. The lowest BCUT2D eigenvalue weighted by molar-refractivity contribution is -0.119. The lowest BCUT2D eigenvalue weighted by Gasteiger charge is -2.28.